The number of benzene rings is 1. The van der Waals surface area contributed by atoms with Gasteiger partial charge in [0, 0.05) is 23.0 Å². The molecule has 25 heavy (non-hydrogen) atoms. The summed E-state index contributed by atoms with van der Waals surface area (Å²) in [5.41, 5.74) is 2.60. The Kier molecular flexibility index (Phi) is 3.71. The van der Waals surface area contributed by atoms with Gasteiger partial charge in [-0.25, -0.2) is 9.78 Å². The number of ether oxygens (including phenoxy) is 1. The van der Waals surface area contributed by atoms with Crippen LogP contribution in [0.25, 0.3) is 10.8 Å². The van der Waals surface area contributed by atoms with Crippen LogP contribution in [-0.2, 0) is 17.6 Å². The summed E-state index contributed by atoms with van der Waals surface area (Å²) in [6.45, 7) is 5.53. The second kappa shape index (κ2) is 5.68. The van der Waals surface area contributed by atoms with Crippen LogP contribution in [0.3, 0.4) is 0 Å². The zero-order chi connectivity index (χ0) is 17.8. The minimum absolute atomic E-state index is 0.0133. The summed E-state index contributed by atoms with van der Waals surface area (Å²) in [4.78, 5) is 16.1. The third kappa shape index (κ3) is 3.46. The monoisotopic (exact) mass is 342 g/mol. The number of alkyl carbamates (subject to hydrolysis) is 1. The first-order valence-corrected chi connectivity index (χ1v) is 8.90. The number of hydrogen-bond donors (Lipinski definition) is 1. The van der Waals surface area contributed by atoms with E-state index in [1.807, 2.05) is 32.9 Å². The SMILES string of the molecule is CC(C)(C)OC(=O)NC1Cc2cc3cc(C4CC4)nc(F)c3cc2C1. The smallest absolute Gasteiger partial charge is 0.407 e. The average Bonchev–Trinajstić information content (AvgIpc) is 3.25. The molecule has 1 unspecified atom stereocenters. The molecule has 1 aromatic carbocycles. The fourth-order valence-corrected chi connectivity index (χ4v) is 3.52. The summed E-state index contributed by atoms with van der Waals surface area (Å²) in [5.74, 6) is 0.0412. The summed E-state index contributed by atoms with van der Waals surface area (Å²) in [5, 5.41) is 4.40. The Morgan fingerprint density at radius 2 is 1.88 bits per heavy atom. The molecule has 2 aliphatic rings. The van der Waals surface area contributed by atoms with Crippen molar-refractivity contribution >= 4 is 16.9 Å². The van der Waals surface area contributed by atoms with Crippen molar-refractivity contribution in [2.75, 3.05) is 0 Å². The van der Waals surface area contributed by atoms with Crippen LogP contribution in [0.2, 0.25) is 0 Å². The topological polar surface area (TPSA) is 51.2 Å². The maximum atomic E-state index is 14.4. The molecular formula is C20H23FN2O2. The number of amides is 1. The number of aromatic nitrogens is 1. The van der Waals surface area contributed by atoms with Crippen LogP contribution >= 0.6 is 0 Å². The van der Waals surface area contributed by atoms with E-state index in [4.69, 9.17) is 4.74 Å². The maximum absolute atomic E-state index is 14.4. The van der Waals surface area contributed by atoms with E-state index in [0.29, 0.717) is 17.7 Å². The summed E-state index contributed by atoms with van der Waals surface area (Å²) < 4.78 is 19.7. The van der Waals surface area contributed by atoms with E-state index in [1.54, 1.807) is 0 Å². The van der Waals surface area contributed by atoms with Crippen LogP contribution in [0.1, 0.15) is 56.4 Å². The zero-order valence-electron chi connectivity index (χ0n) is 14.9. The van der Waals surface area contributed by atoms with E-state index in [1.165, 1.54) is 5.56 Å². The van der Waals surface area contributed by atoms with Crippen LogP contribution in [0.15, 0.2) is 18.2 Å². The highest BCUT2D eigenvalue weighted by Gasteiger charge is 2.28. The van der Waals surface area contributed by atoms with Crippen LogP contribution in [0, 0.1) is 5.95 Å². The number of carbonyl (C=O) groups excluding carboxylic acids is 1. The van der Waals surface area contributed by atoms with Gasteiger partial charge in [-0.05, 0) is 75.1 Å². The predicted octanol–water partition coefficient (Wildman–Crippen LogP) is 4.24. The summed E-state index contributed by atoms with van der Waals surface area (Å²) in [6.07, 6.45) is 3.23. The van der Waals surface area contributed by atoms with Gasteiger partial charge in [0.2, 0.25) is 5.95 Å². The molecule has 4 rings (SSSR count). The Morgan fingerprint density at radius 3 is 2.52 bits per heavy atom. The molecule has 5 heteroatoms. The number of fused-ring (bicyclic) bond motifs is 2. The van der Waals surface area contributed by atoms with Crippen molar-refractivity contribution in [1.29, 1.82) is 0 Å². The van der Waals surface area contributed by atoms with Crippen molar-refractivity contribution in [3.63, 3.8) is 0 Å². The fourth-order valence-electron chi connectivity index (χ4n) is 3.52. The Labute approximate surface area is 146 Å². The van der Waals surface area contributed by atoms with E-state index in [0.717, 1.165) is 35.9 Å². The van der Waals surface area contributed by atoms with Crippen molar-refractivity contribution in [3.8, 4) is 0 Å². The number of pyridine rings is 1. The van der Waals surface area contributed by atoms with Gasteiger partial charge < -0.3 is 10.1 Å². The van der Waals surface area contributed by atoms with Gasteiger partial charge >= 0.3 is 6.09 Å². The lowest BCUT2D eigenvalue weighted by atomic mass is 10.0. The fraction of sp³-hybridized carbons (Fsp3) is 0.500. The first kappa shape index (κ1) is 16.3. The third-order valence-electron chi connectivity index (χ3n) is 4.77. The summed E-state index contributed by atoms with van der Waals surface area (Å²) >= 11 is 0. The molecule has 1 aromatic heterocycles. The Bertz CT molecular complexity index is 853. The number of nitrogens with one attached hydrogen (secondary N) is 1. The zero-order valence-corrected chi connectivity index (χ0v) is 14.9. The molecule has 1 amide bonds. The van der Waals surface area contributed by atoms with Gasteiger partial charge in [0.1, 0.15) is 5.60 Å². The predicted molar refractivity (Wildman–Crippen MR) is 94.2 cm³/mol. The van der Waals surface area contributed by atoms with Crippen LogP contribution in [0.4, 0.5) is 9.18 Å². The largest absolute Gasteiger partial charge is 0.444 e. The standard InChI is InChI=1S/C20H23FN2O2/c1-20(2,3)25-19(24)22-15-7-12-6-14-10-17(11-4-5-11)23-18(21)16(14)9-13(12)8-15/h6,9-11,15H,4-5,7-8H2,1-3H3,(H,22,24). The van der Waals surface area contributed by atoms with Gasteiger partial charge in [-0.15, -0.1) is 0 Å². The highest BCUT2D eigenvalue weighted by Crippen LogP contribution is 2.40. The van der Waals surface area contributed by atoms with Gasteiger partial charge in [-0.2, -0.15) is 4.39 Å². The van der Waals surface area contributed by atoms with E-state index in [9.17, 15) is 9.18 Å². The Hall–Kier alpha value is -2.17. The first-order chi connectivity index (χ1) is 11.8. The third-order valence-corrected chi connectivity index (χ3v) is 4.77. The van der Waals surface area contributed by atoms with E-state index in [2.05, 4.69) is 16.4 Å². The molecule has 1 atom stereocenters. The molecule has 132 valence electrons. The summed E-state index contributed by atoms with van der Waals surface area (Å²) in [6, 6.07) is 5.95. The Morgan fingerprint density at radius 1 is 1.20 bits per heavy atom. The maximum Gasteiger partial charge on any atom is 0.407 e. The van der Waals surface area contributed by atoms with Crippen molar-refractivity contribution in [3.05, 3.63) is 41.0 Å². The number of rotatable bonds is 2. The van der Waals surface area contributed by atoms with Crippen molar-refractivity contribution < 1.29 is 13.9 Å². The number of hydrogen-bond acceptors (Lipinski definition) is 3. The molecule has 0 bridgehead atoms. The highest BCUT2D eigenvalue weighted by molar-refractivity contribution is 5.85. The minimum Gasteiger partial charge on any atom is -0.444 e. The Balaban J connectivity index is 1.55. The van der Waals surface area contributed by atoms with E-state index >= 15 is 0 Å². The van der Waals surface area contributed by atoms with Crippen LogP contribution < -0.4 is 5.32 Å². The molecule has 4 nitrogen and oxygen atoms in total. The lowest BCUT2D eigenvalue weighted by Gasteiger charge is -2.21. The van der Waals surface area contributed by atoms with Gasteiger partial charge in [-0.1, -0.05) is 6.07 Å². The number of carbonyl (C=O) groups is 1. The number of nitrogens with zero attached hydrogens (tertiary/aromatic N) is 1. The van der Waals surface area contributed by atoms with Crippen molar-refractivity contribution in [1.82, 2.24) is 10.3 Å². The second-order valence-electron chi connectivity index (χ2n) is 8.21. The molecule has 0 spiro atoms. The molecule has 1 saturated carbocycles. The summed E-state index contributed by atoms with van der Waals surface area (Å²) in [7, 11) is 0. The molecule has 1 N–H and O–H groups in total. The van der Waals surface area contributed by atoms with E-state index < -0.39 is 11.7 Å². The lowest BCUT2D eigenvalue weighted by molar-refractivity contribution is 0.0506. The second-order valence-corrected chi connectivity index (χ2v) is 8.21. The highest BCUT2D eigenvalue weighted by atomic mass is 19.1. The lowest BCUT2D eigenvalue weighted by Crippen LogP contribution is -2.39. The van der Waals surface area contributed by atoms with Gasteiger partial charge in [-0.3, -0.25) is 0 Å². The molecule has 0 saturated heterocycles. The first-order valence-electron chi connectivity index (χ1n) is 8.90. The molecule has 2 aliphatic carbocycles. The number of halogens is 1. The molecule has 1 fully saturated rings. The van der Waals surface area contributed by atoms with E-state index in [-0.39, 0.29) is 12.0 Å². The molecule has 0 aliphatic heterocycles. The van der Waals surface area contributed by atoms with Crippen LogP contribution in [0.5, 0.6) is 0 Å². The van der Waals surface area contributed by atoms with Crippen molar-refractivity contribution in [2.45, 2.75) is 64.0 Å². The molecule has 0 radical (unpaired) electrons. The molecular weight excluding hydrogens is 319 g/mol. The van der Waals surface area contributed by atoms with Gasteiger partial charge in [0.05, 0.1) is 0 Å². The normalized spacial score (nSPS) is 19.8. The average molecular weight is 342 g/mol. The van der Waals surface area contributed by atoms with Crippen molar-refractivity contribution in [2.24, 2.45) is 0 Å². The van der Waals surface area contributed by atoms with Gasteiger partial charge in [0.15, 0.2) is 0 Å². The molecule has 2 aromatic rings. The quantitative estimate of drug-likeness (QED) is 0.831. The van der Waals surface area contributed by atoms with Gasteiger partial charge in [0.25, 0.3) is 0 Å². The minimum atomic E-state index is -0.516. The molecule has 1 heterocycles. The van der Waals surface area contributed by atoms with Crippen LogP contribution in [-0.4, -0.2) is 22.7 Å².